The standard InChI is InChI=1S/C22H32N2O3/c1-6-17-12-8-7-11-16(4)27-19-14-10-9-13-18(19)22(26)24(5)20(15(2)3)21(25)23-17/h7-10,13-17,20H,6,11-12H2,1-5H3,(H,23,25)/b8-7+/t16-,17-,20-/m1/s1. The molecule has 2 rings (SSSR count). The molecule has 1 N–H and O–H groups in total. The van der Waals surface area contributed by atoms with Gasteiger partial charge in [0, 0.05) is 19.5 Å². The fourth-order valence-corrected chi connectivity index (χ4v) is 3.42. The van der Waals surface area contributed by atoms with Crippen LogP contribution in [0.2, 0.25) is 0 Å². The zero-order chi connectivity index (χ0) is 20.0. The number of nitrogens with zero attached hydrogens (tertiary/aromatic N) is 1. The van der Waals surface area contributed by atoms with Gasteiger partial charge in [-0.15, -0.1) is 0 Å². The third kappa shape index (κ3) is 5.34. The van der Waals surface area contributed by atoms with Gasteiger partial charge in [-0.05, 0) is 37.8 Å². The molecule has 27 heavy (non-hydrogen) atoms. The van der Waals surface area contributed by atoms with Crippen LogP contribution in [0.4, 0.5) is 0 Å². The SMILES string of the molecule is CC[C@@H]1C/C=C/C[C@@H](C)Oc2ccccc2C(=O)N(C)[C@H](C(C)C)C(=O)N1. The van der Waals surface area contributed by atoms with E-state index < -0.39 is 6.04 Å². The van der Waals surface area contributed by atoms with Crippen LogP contribution < -0.4 is 10.1 Å². The van der Waals surface area contributed by atoms with Crippen LogP contribution in [0.15, 0.2) is 36.4 Å². The molecular formula is C22H32N2O3. The van der Waals surface area contributed by atoms with Crippen LogP contribution in [0.1, 0.15) is 57.3 Å². The summed E-state index contributed by atoms with van der Waals surface area (Å²) in [7, 11) is 1.69. The zero-order valence-corrected chi connectivity index (χ0v) is 17.1. The number of carbonyl (C=O) groups excluding carboxylic acids is 2. The highest BCUT2D eigenvalue weighted by Crippen LogP contribution is 2.24. The van der Waals surface area contributed by atoms with Crippen molar-refractivity contribution in [2.24, 2.45) is 5.92 Å². The molecule has 5 nitrogen and oxygen atoms in total. The van der Waals surface area contributed by atoms with Gasteiger partial charge in [-0.25, -0.2) is 0 Å². The van der Waals surface area contributed by atoms with Gasteiger partial charge in [-0.1, -0.05) is 45.1 Å². The van der Waals surface area contributed by atoms with E-state index >= 15 is 0 Å². The number of hydrogen-bond acceptors (Lipinski definition) is 3. The minimum atomic E-state index is -0.538. The van der Waals surface area contributed by atoms with E-state index in [-0.39, 0.29) is 29.9 Å². The molecule has 0 bridgehead atoms. The van der Waals surface area contributed by atoms with E-state index in [1.165, 1.54) is 0 Å². The fraction of sp³-hybridized carbons (Fsp3) is 0.545. The van der Waals surface area contributed by atoms with E-state index in [9.17, 15) is 9.59 Å². The average Bonchev–Trinajstić information content (AvgIpc) is 2.63. The predicted molar refractivity (Wildman–Crippen MR) is 108 cm³/mol. The average molecular weight is 373 g/mol. The molecule has 0 aromatic heterocycles. The highest BCUT2D eigenvalue weighted by molar-refractivity contribution is 5.99. The highest BCUT2D eigenvalue weighted by atomic mass is 16.5. The summed E-state index contributed by atoms with van der Waals surface area (Å²) in [4.78, 5) is 27.7. The molecule has 2 amide bonds. The summed E-state index contributed by atoms with van der Waals surface area (Å²) >= 11 is 0. The van der Waals surface area contributed by atoms with E-state index in [0.717, 1.165) is 19.3 Å². The summed E-state index contributed by atoms with van der Waals surface area (Å²) in [5.41, 5.74) is 0.485. The van der Waals surface area contributed by atoms with Gasteiger partial charge in [0.1, 0.15) is 11.8 Å². The number of amides is 2. The van der Waals surface area contributed by atoms with Crippen molar-refractivity contribution in [3.63, 3.8) is 0 Å². The molecule has 3 atom stereocenters. The number of fused-ring (bicyclic) bond motifs is 1. The second-order valence-corrected chi connectivity index (χ2v) is 7.59. The van der Waals surface area contributed by atoms with Gasteiger partial charge in [0.2, 0.25) is 5.91 Å². The molecule has 1 heterocycles. The number of para-hydroxylation sites is 1. The van der Waals surface area contributed by atoms with Crippen molar-refractivity contribution in [1.29, 1.82) is 0 Å². The third-order valence-corrected chi connectivity index (χ3v) is 4.98. The predicted octanol–water partition coefficient (Wildman–Crippen LogP) is 3.80. The molecule has 0 spiro atoms. The van der Waals surface area contributed by atoms with Gasteiger partial charge in [0.15, 0.2) is 0 Å². The molecule has 1 aliphatic heterocycles. The Balaban J connectivity index is 2.43. The van der Waals surface area contributed by atoms with Crippen LogP contribution in [0.3, 0.4) is 0 Å². The summed E-state index contributed by atoms with van der Waals surface area (Å²) in [6.07, 6.45) is 6.50. The van der Waals surface area contributed by atoms with Crippen LogP contribution in [-0.4, -0.2) is 41.9 Å². The number of carbonyl (C=O) groups is 2. The van der Waals surface area contributed by atoms with Crippen molar-refractivity contribution in [3.05, 3.63) is 42.0 Å². The van der Waals surface area contributed by atoms with Gasteiger partial charge in [0.05, 0.1) is 11.7 Å². The molecule has 148 valence electrons. The quantitative estimate of drug-likeness (QED) is 0.804. The molecular weight excluding hydrogens is 340 g/mol. The van der Waals surface area contributed by atoms with Crippen molar-refractivity contribution < 1.29 is 14.3 Å². The first-order valence-corrected chi connectivity index (χ1v) is 9.83. The van der Waals surface area contributed by atoms with E-state index in [1.807, 2.05) is 39.0 Å². The smallest absolute Gasteiger partial charge is 0.258 e. The maximum absolute atomic E-state index is 13.2. The Morgan fingerprint density at radius 2 is 1.85 bits per heavy atom. The van der Waals surface area contributed by atoms with Gasteiger partial charge < -0.3 is 15.0 Å². The topological polar surface area (TPSA) is 58.6 Å². The molecule has 0 unspecified atom stereocenters. The Morgan fingerprint density at radius 1 is 1.19 bits per heavy atom. The molecule has 0 aliphatic carbocycles. The summed E-state index contributed by atoms with van der Waals surface area (Å²) in [6.45, 7) is 7.98. The van der Waals surface area contributed by atoms with E-state index in [1.54, 1.807) is 18.0 Å². The zero-order valence-electron chi connectivity index (χ0n) is 17.1. The Morgan fingerprint density at radius 3 is 2.52 bits per heavy atom. The number of benzene rings is 1. The first-order chi connectivity index (χ1) is 12.8. The minimum absolute atomic E-state index is 0.00749. The number of nitrogens with one attached hydrogen (secondary N) is 1. The van der Waals surface area contributed by atoms with Crippen LogP contribution >= 0.6 is 0 Å². The summed E-state index contributed by atoms with van der Waals surface area (Å²) < 4.78 is 6.04. The van der Waals surface area contributed by atoms with Gasteiger partial charge in [-0.3, -0.25) is 9.59 Å². The summed E-state index contributed by atoms with van der Waals surface area (Å²) in [5.74, 6) is 0.241. The lowest BCUT2D eigenvalue weighted by Gasteiger charge is -2.32. The van der Waals surface area contributed by atoms with Crippen molar-refractivity contribution in [1.82, 2.24) is 10.2 Å². The van der Waals surface area contributed by atoms with Crippen molar-refractivity contribution in [3.8, 4) is 5.75 Å². The van der Waals surface area contributed by atoms with Crippen molar-refractivity contribution >= 4 is 11.8 Å². The molecule has 1 aromatic rings. The van der Waals surface area contributed by atoms with Crippen LogP contribution in [0.5, 0.6) is 5.75 Å². The lowest BCUT2D eigenvalue weighted by Crippen LogP contribution is -2.52. The highest BCUT2D eigenvalue weighted by Gasteiger charge is 2.32. The van der Waals surface area contributed by atoms with E-state index in [2.05, 4.69) is 24.4 Å². The first-order valence-electron chi connectivity index (χ1n) is 9.83. The molecule has 5 heteroatoms. The van der Waals surface area contributed by atoms with Crippen LogP contribution in [-0.2, 0) is 4.79 Å². The number of rotatable bonds is 2. The number of likely N-dealkylation sites (N-methyl/N-ethyl adjacent to an activating group) is 1. The number of ether oxygens (including phenoxy) is 1. The molecule has 0 saturated carbocycles. The Labute approximate surface area is 162 Å². The third-order valence-electron chi connectivity index (χ3n) is 4.98. The lowest BCUT2D eigenvalue weighted by molar-refractivity contribution is -0.127. The summed E-state index contributed by atoms with van der Waals surface area (Å²) in [5, 5.41) is 3.12. The molecule has 0 fully saturated rings. The van der Waals surface area contributed by atoms with E-state index in [4.69, 9.17) is 4.74 Å². The minimum Gasteiger partial charge on any atom is -0.490 e. The molecule has 0 saturated heterocycles. The second kappa shape index (κ2) is 9.58. The molecule has 1 aliphatic rings. The van der Waals surface area contributed by atoms with Crippen molar-refractivity contribution in [2.75, 3.05) is 7.05 Å². The van der Waals surface area contributed by atoms with Gasteiger partial charge >= 0.3 is 0 Å². The molecule has 0 radical (unpaired) electrons. The fourth-order valence-electron chi connectivity index (χ4n) is 3.42. The van der Waals surface area contributed by atoms with Gasteiger partial charge in [-0.2, -0.15) is 0 Å². The Hall–Kier alpha value is -2.30. The monoisotopic (exact) mass is 372 g/mol. The van der Waals surface area contributed by atoms with Crippen LogP contribution in [0.25, 0.3) is 0 Å². The number of hydrogen-bond donors (Lipinski definition) is 1. The van der Waals surface area contributed by atoms with E-state index in [0.29, 0.717) is 11.3 Å². The van der Waals surface area contributed by atoms with Crippen molar-refractivity contribution in [2.45, 2.75) is 65.1 Å². The normalized spacial score (nSPS) is 26.0. The maximum atomic E-state index is 13.2. The Kier molecular flexibility index (Phi) is 7.45. The van der Waals surface area contributed by atoms with Crippen LogP contribution in [0, 0.1) is 5.92 Å². The maximum Gasteiger partial charge on any atom is 0.258 e. The summed E-state index contributed by atoms with van der Waals surface area (Å²) in [6, 6.07) is 6.77. The first kappa shape index (κ1) is 21.0. The Bertz CT molecular complexity index is 684. The lowest BCUT2D eigenvalue weighted by atomic mass is 9.99. The second-order valence-electron chi connectivity index (χ2n) is 7.59. The molecule has 1 aromatic carbocycles. The largest absolute Gasteiger partial charge is 0.490 e. The van der Waals surface area contributed by atoms with Gasteiger partial charge in [0.25, 0.3) is 5.91 Å².